The zero-order valence-electron chi connectivity index (χ0n) is 16.8. The van der Waals surface area contributed by atoms with Crippen molar-refractivity contribution in [3.05, 3.63) is 72.6 Å². The van der Waals surface area contributed by atoms with Crippen LogP contribution >= 0.6 is 11.3 Å². The fourth-order valence-electron chi connectivity index (χ4n) is 3.68. The van der Waals surface area contributed by atoms with Gasteiger partial charge in [0.15, 0.2) is 5.06 Å². The molecule has 150 valence electrons. The molecular weight excluding hydrogens is 380 g/mol. The zero-order valence-corrected chi connectivity index (χ0v) is 17.6. The monoisotopic (exact) mass is 406 g/mol. The normalized spacial score (nSPS) is 18.1. The molecule has 3 heterocycles. The van der Waals surface area contributed by atoms with Crippen LogP contribution in [0.5, 0.6) is 5.06 Å². The summed E-state index contributed by atoms with van der Waals surface area (Å²) in [5, 5.41) is 7.81. The van der Waals surface area contributed by atoms with Crippen molar-refractivity contribution < 1.29 is 4.74 Å². The van der Waals surface area contributed by atoms with Crippen molar-refractivity contribution in [1.82, 2.24) is 15.3 Å². The highest BCUT2D eigenvalue weighted by atomic mass is 32.1. The molecule has 3 aromatic rings. The first-order chi connectivity index (χ1) is 14.0. The molecule has 1 saturated heterocycles. The summed E-state index contributed by atoms with van der Waals surface area (Å²) in [6.45, 7) is 9.04. The summed E-state index contributed by atoms with van der Waals surface area (Å²) in [5.41, 5.74) is 3.12. The zero-order chi connectivity index (χ0) is 20.3. The Kier molecular flexibility index (Phi) is 5.53. The van der Waals surface area contributed by atoms with Gasteiger partial charge in [0.2, 0.25) is 5.95 Å². The Balaban J connectivity index is 1.42. The fourth-order valence-corrected chi connectivity index (χ4v) is 4.51. The van der Waals surface area contributed by atoms with Crippen LogP contribution in [0.25, 0.3) is 10.6 Å². The first kappa shape index (κ1) is 19.5. The molecule has 1 atom stereocenters. The van der Waals surface area contributed by atoms with Crippen molar-refractivity contribution in [2.24, 2.45) is 0 Å². The lowest BCUT2D eigenvalue weighted by Crippen LogP contribution is -2.48. The van der Waals surface area contributed by atoms with Crippen molar-refractivity contribution in [3.8, 4) is 15.6 Å². The summed E-state index contributed by atoms with van der Waals surface area (Å²) >= 11 is 1.60. The van der Waals surface area contributed by atoms with E-state index < -0.39 is 0 Å². The van der Waals surface area contributed by atoms with Gasteiger partial charge in [-0.1, -0.05) is 48.2 Å². The van der Waals surface area contributed by atoms with Crippen molar-refractivity contribution in [1.29, 1.82) is 0 Å². The summed E-state index contributed by atoms with van der Waals surface area (Å²) in [7, 11) is 0. The van der Waals surface area contributed by atoms with Crippen LogP contribution in [0.3, 0.4) is 0 Å². The van der Waals surface area contributed by atoms with Gasteiger partial charge in [-0.2, -0.15) is 0 Å². The predicted molar refractivity (Wildman–Crippen MR) is 119 cm³/mol. The topological polar surface area (TPSA) is 59.1 Å². The number of aromatic nitrogens is 2. The lowest BCUT2D eigenvalue weighted by atomic mass is 9.88. The summed E-state index contributed by atoms with van der Waals surface area (Å²) in [6, 6.07) is 16.4. The molecule has 1 aliphatic heterocycles. The number of nitrogens with zero attached hydrogens (tertiary/aromatic N) is 2. The van der Waals surface area contributed by atoms with E-state index in [-0.39, 0.29) is 11.6 Å². The summed E-state index contributed by atoms with van der Waals surface area (Å²) in [4.78, 5) is 10.2. The molecule has 0 saturated carbocycles. The average molecular weight is 407 g/mol. The van der Waals surface area contributed by atoms with Gasteiger partial charge in [0, 0.05) is 29.9 Å². The van der Waals surface area contributed by atoms with E-state index in [1.807, 2.05) is 36.4 Å². The molecular formula is C23H26N4OS. The van der Waals surface area contributed by atoms with Crippen LogP contribution in [0.1, 0.15) is 32.3 Å². The highest BCUT2D eigenvalue weighted by Crippen LogP contribution is 2.33. The minimum absolute atomic E-state index is 0.0172. The Bertz CT molecular complexity index is 983. The molecule has 2 aromatic heterocycles. The maximum Gasteiger partial charge on any atom is 0.223 e. The van der Waals surface area contributed by atoms with Crippen LogP contribution in [-0.2, 0) is 6.61 Å². The number of rotatable bonds is 6. The van der Waals surface area contributed by atoms with E-state index in [1.54, 1.807) is 17.5 Å². The minimum Gasteiger partial charge on any atom is -0.479 e. The molecule has 29 heavy (non-hydrogen) atoms. The molecule has 1 fully saturated rings. The molecule has 1 aromatic carbocycles. The molecule has 2 N–H and O–H groups in total. The van der Waals surface area contributed by atoms with Crippen molar-refractivity contribution in [3.63, 3.8) is 0 Å². The van der Waals surface area contributed by atoms with Gasteiger partial charge >= 0.3 is 0 Å². The van der Waals surface area contributed by atoms with Gasteiger partial charge < -0.3 is 15.4 Å². The summed E-state index contributed by atoms with van der Waals surface area (Å²) < 4.78 is 5.92. The van der Waals surface area contributed by atoms with Crippen LogP contribution in [0.4, 0.5) is 5.95 Å². The summed E-state index contributed by atoms with van der Waals surface area (Å²) in [5.74, 6) is 0.651. The van der Waals surface area contributed by atoms with Crippen molar-refractivity contribution in [2.45, 2.75) is 44.9 Å². The second-order valence-electron chi connectivity index (χ2n) is 8.02. The SMILES string of the molecule is C=C1CC(Nc2nccc(-c3ccc(OCc4ccccc4)s3)n2)CC(C)(C)N1. The van der Waals surface area contributed by atoms with E-state index in [0.717, 1.165) is 39.7 Å². The first-order valence-corrected chi connectivity index (χ1v) is 10.6. The lowest BCUT2D eigenvalue weighted by molar-refractivity contribution is 0.315. The third-order valence-corrected chi connectivity index (χ3v) is 5.83. The fraction of sp³-hybridized carbons (Fsp3) is 0.304. The molecule has 0 amide bonds. The maximum absolute atomic E-state index is 5.92. The quantitative estimate of drug-likeness (QED) is 0.586. The van der Waals surface area contributed by atoms with E-state index in [2.05, 4.69) is 48.2 Å². The number of ether oxygens (including phenoxy) is 1. The van der Waals surface area contributed by atoms with E-state index in [9.17, 15) is 0 Å². The van der Waals surface area contributed by atoms with Crippen LogP contribution in [-0.4, -0.2) is 21.5 Å². The number of benzene rings is 1. The number of hydrogen-bond donors (Lipinski definition) is 2. The average Bonchev–Trinajstić information content (AvgIpc) is 3.15. The van der Waals surface area contributed by atoms with Crippen LogP contribution in [0.15, 0.2) is 67.0 Å². The number of thiophene rings is 1. The first-order valence-electron chi connectivity index (χ1n) is 9.79. The van der Waals surface area contributed by atoms with Gasteiger partial charge in [0.1, 0.15) is 6.61 Å². The van der Waals surface area contributed by atoms with Gasteiger partial charge in [0.05, 0.1) is 10.6 Å². The predicted octanol–water partition coefficient (Wildman–Crippen LogP) is 5.24. The van der Waals surface area contributed by atoms with Crippen LogP contribution in [0, 0.1) is 0 Å². The Morgan fingerprint density at radius 1 is 1.21 bits per heavy atom. The molecule has 0 bridgehead atoms. The second-order valence-corrected chi connectivity index (χ2v) is 9.07. The maximum atomic E-state index is 5.92. The van der Waals surface area contributed by atoms with E-state index >= 15 is 0 Å². The number of nitrogens with one attached hydrogen (secondary N) is 2. The number of anilines is 1. The molecule has 0 aliphatic carbocycles. The van der Waals surface area contributed by atoms with Gasteiger partial charge in [-0.05, 0) is 44.0 Å². The van der Waals surface area contributed by atoms with Crippen LogP contribution in [0.2, 0.25) is 0 Å². The van der Waals surface area contributed by atoms with Gasteiger partial charge in [0.25, 0.3) is 0 Å². The largest absolute Gasteiger partial charge is 0.479 e. The highest BCUT2D eigenvalue weighted by molar-refractivity contribution is 7.17. The third-order valence-electron chi connectivity index (χ3n) is 4.81. The molecule has 1 aliphatic rings. The van der Waals surface area contributed by atoms with E-state index in [1.165, 1.54) is 0 Å². The molecule has 1 unspecified atom stereocenters. The Morgan fingerprint density at radius 3 is 2.83 bits per heavy atom. The minimum atomic E-state index is 0.0172. The second kappa shape index (κ2) is 8.25. The van der Waals surface area contributed by atoms with Crippen molar-refractivity contribution in [2.75, 3.05) is 5.32 Å². The molecule has 0 radical (unpaired) electrons. The Morgan fingerprint density at radius 2 is 2.03 bits per heavy atom. The Hall–Kier alpha value is -2.86. The van der Waals surface area contributed by atoms with Gasteiger partial charge in [-0.25, -0.2) is 9.97 Å². The smallest absolute Gasteiger partial charge is 0.223 e. The number of piperidine rings is 1. The Labute approximate surface area is 175 Å². The van der Waals surface area contributed by atoms with E-state index in [0.29, 0.717) is 12.6 Å². The highest BCUT2D eigenvalue weighted by Gasteiger charge is 2.29. The molecule has 4 rings (SSSR count). The van der Waals surface area contributed by atoms with Crippen molar-refractivity contribution >= 4 is 17.3 Å². The molecule has 5 nitrogen and oxygen atoms in total. The summed E-state index contributed by atoms with van der Waals surface area (Å²) in [6.07, 6.45) is 3.65. The van der Waals surface area contributed by atoms with Gasteiger partial charge in [-0.15, -0.1) is 0 Å². The van der Waals surface area contributed by atoms with Gasteiger partial charge in [-0.3, -0.25) is 0 Å². The van der Waals surface area contributed by atoms with E-state index in [4.69, 9.17) is 9.72 Å². The molecule has 6 heteroatoms. The lowest BCUT2D eigenvalue weighted by Gasteiger charge is -2.38. The molecule has 0 spiro atoms. The standard InChI is InChI=1S/C23H26N4OS/c1-16-13-18(14-23(2,3)27-16)25-22-24-12-11-19(26-22)20-9-10-21(29-20)28-15-17-7-5-4-6-8-17/h4-12,18,27H,1,13-15H2,2-3H3,(H,24,25,26). The third kappa shape index (κ3) is 5.15. The number of hydrogen-bond acceptors (Lipinski definition) is 6. The van der Waals surface area contributed by atoms with Crippen LogP contribution < -0.4 is 15.4 Å².